The SMILES string of the molecule is CS(=O)(=O)C(=C1CN(C(I)(c2ccccc2)c2ccccc2)C1)c1cccc(Br)c1. The Morgan fingerprint density at radius 2 is 1.43 bits per heavy atom. The number of likely N-dealkylation sites (tertiary alicyclic amines) is 1. The highest BCUT2D eigenvalue weighted by atomic mass is 127. The first-order valence-electron chi connectivity index (χ1n) is 9.53. The summed E-state index contributed by atoms with van der Waals surface area (Å²) in [7, 11) is -3.36. The predicted molar refractivity (Wildman–Crippen MR) is 135 cm³/mol. The Morgan fingerprint density at radius 3 is 1.90 bits per heavy atom. The number of hydrogen-bond acceptors (Lipinski definition) is 3. The van der Waals surface area contributed by atoms with Gasteiger partial charge in [0, 0.05) is 23.8 Å². The first kappa shape index (κ1) is 21.7. The van der Waals surface area contributed by atoms with Gasteiger partial charge in [0.1, 0.15) is 3.55 Å². The molecule has 0 bridgehead atoms. The first-order chi connectivity index (χ1) is 14.3. The number of benzene rings is 3. The maximum absolute atomic E-state index is 12.7. The van der Waals surface area contributed by atoms with Crippen molar-refractivity contribution in [1.82, 2.24) is 4.90 Å². The molecule has 1 saturated heterocycles. The van der Waals surface area contributed by atoms with Crippen LogP contribution in [0.3, 0.4) is 0 Å². The number of hydrogen-bond donors (Lipinski definition) is 0. The lowest BCUT2D eigenvalue weighted by atomic mass is 9.92. The Hall–Kier alpha value is -1.48. The zero-order chi connectivity index (χ0) is 21.4. The highest BCUT2D eigenvalue weighted by Gasteiger charge is 2.44. The fraction of sp³-hybridized carbons (Fsp3) is 0.167. The molecule has 1 aliphatic heterocycles. The minimum Gasteiger partial charge on any atom is -0.274 e. The van der Waals surface area contributed by atoms with E-state index in [0.717, 1.165) is 15.6 Å². The van der Waals surface area contributed by atoms with Crippen molar-refractivity contribution < 1.29 is 8.42 Å². The predicted octanol–water partition coefficient (Wildman–Crippen LogP) is 5.86. The zero-order valence-corrected chi connectivity index (χ0v) is 21.0. The monoisotopic (exact) mass is 593 g/mol. The van der Waals surface area contributed by atoms with Crippen molar-refractivity contribution in [2.75, 3.05) is 19.3 Å². The van der Waals surface area contributed by atoms with E-state index in [-0.39, 0.29) is 3.55 Å². The third-order valence-electron chi connectivity index (χ3n) is 5.29. The van der Waals surface area contributed by atoms with E-state index in [1.807, 2.05) is 60.7 Å². The number of halogens is 2. The van der Waals surface area contributed by atoms with Crippen LogP contribution >= 0.6 is 38.5 Å². The smallest absolute Gasteiger partial charge is 0.176 e. The van der Waals surface area contributed by atoms with Gasteiger partial charge in [0.25, 0.3) is 0 Å². The number of rotatable bonds is 5. The minimum absolute atomic E-state index is 0.371. The summed E-state index contributed by atoms with van der Waals surface area (Å²) < 4.78 is 25.9. The average molecular weight is 594 g/mol. The van der Waals surface area contributed by atoms with Crippen LogP contribution in [0.2, 0.25) is 0 Å². The van der Waals surface area contributed by atoms with Crippen LogP contribution in [0.1, 0.15) is 16.7 Å². The van der Waals surface area contributed by atoms with E-state index in [9.17, 15) is 8.42 Å². The van der Waals surface area contributed by atoms with Crippen LogP contribution in [0, 0.1) is 0 Å². The first-order valence-corrected chi connectivity index (χ1v) is 13.3. The standard InChI is InChI=1S/C24H21BrINO2S/c1-30(28,29)23(18-9-8-14-22(25)15-18)19-16-27(17-19)24(26,20-10-4-2-5-11-20)21-12-6-3-7-13-21/h2-15H,16-17H2,1H3. The van der Waals surface area contributed by atoms with Crippen LogP contribution in [-0.4, -0.2) is 32.7 Å². The molecule has 3 aromatic carbocycles. The molecule has 1 fully saturated rings. The second kappa shape index (κ2) is 8.57. The highest BCUT2D eigenvalue weighted by Crippen LogP contribution is 2.47. The van der Waals surface area contributed by atoms with Crippen molar-refractivity contribution in [2.24, 2.45) is 0 Å². The molecule has 3 nitrogen and oxygen atoms in total. The maximum atomic E-state index is 12.7. The van der Waals surface area contributed by atoms with Crippen molar-refractivity contribution in [2.45, 2.75) is 3.55 Å². The van der Waals surface area contributed by atoms with E-state index < -0.39 is 9.84 Å². The topological polar surface area (TPSA) is 37.4 Å². The lowest BCUT2D eigenvalue weighted by molar-refractivity contribution is 0.189. The Balaban J connectivity index is 1.77. The Bertz CT molecular complexity index is 1150. The molecule has 1 aliphatic rings. The van der Waals surface area contributed by atoms with Crippen molar-refractivity contribution >= 4 is 53.3 Å². The second-order valence-corrected chi connectivity index (χ2v) is 11.9. The van der Waals surface area contributed by atoms with Gasteiger partial charge in [-0.05, 0) is 34.4 Å². The van der Waals surface area contributed by atoms with E-state index in [1.165, 1.54) is 17.4 Å². The molecule has 1 heterocycles. The van der Waals surface area contributed by atoms with E-state index in [0.29, 0.717) is 18.0 Å². The number of alkyl halides is 1. The number of nitrogens with zero attached hydrogens (tertiary/aromatic N) is 1. The summed E-state index contributed by atoms with van der Waals surface area (Å²) in [6, 6.07) is 28.3. The molecule has 0 aliphatic carbocycles. The molecule has 0 aromatic heterocycles. The van der Waals surface area contributed by atoms with Gasteiger partial charge in [0.05, 0.1) is 4.91 Å². The summed E-state index contributed by atoms with van der Waals surface area (Å²) >= 11 is 5.97. The maximum Gasteiger partial charge on any atom is 0.176 e. The van der Waals surface area contributed by atoms with Crippen LogP contribution in [0.5, 0.6) is 0 Å². The van der Waals surface area contributed by atoms with Crippen LogP contribution in [-0.2, 0) is 13.4 Å². The van der Waals surface area contributed by atoms with Gasteiger partial charge in [-0.25, -0.2) is 8.42 Å². The summed E-state index contributed by atoms with van der Waals surface area (Å²) in [6.45, 7) is 1.20. The normalized spacial score (nSPS) is 15.0. The molecule has 3 aromatic rings. The Labute approximate surface area is 200 Å². The molecule has 0 unspecified atom stereocenters. The summed E-state index contributed by atoms with van der Waals surface area (Å²) in [5.74, 6) is 0. The largest absolute Gasteiger partial charge is 0.274 e. The molecule has 30 heavy (non-hydrogen) atoms. The van der Waals surface area contributed by atoms with Crippen LogP contribution < -0.4 is 0 Å². The Morgan fingerprint density at radius 1 is 0.900 bits per heavy atom. The van der Waals surface area contributed by atoms with Crippen LogP contribution in [0.15, 0.2) is 95.0 Å². The molecule has 6 heteroatoms. The van der Waals surface area contributed by atoms with Gasteiger partial charge in [0.2, 0.25) is 0 Å². The van der Waals surface area contributed by atoms with Gasteiger partial charge in [0.15, 0.2) is 9.84 Å². The molecule has 0 N–H and O–H groups in total. The zero-order valence-electron chi connectivity index (χ0n) is 16.4. The highest BCUT2D eigenvalue weighted by molar-refractivity contribution is 14.1. The average Bonchev–Trinajstić information content (AvgIpc) is 2.70. The van der Waals surface area contributed by atoms with Gasteiger partial charge in [-0.15, -0.1) is 0 Å². The van der Waals surface area contributed by atoms with E-state index in [2.05, 4.69) is 67.7 Å². The third kappa shape index (κ3) is 4.15. The summed E-state index contributed by atoms with van der Waals surface area (Å²) in [5, 5.41) is 0. The molecule has 0 atom stereocenters. The van der Waals surface area contributed by atoms with Gasteiger partial charge in [-0.1, -0.05) is 111 Å². The minimum atomic E-state index is -3.36. The van der Waals surface area contributed by atoms with Crippen LogP contribution in [0.25, 0.3) is 4.91 Å². The summed E-state index contributed by atoms with van der Waals surface area (Å²) in [6.07, 6.45) is 1.30. The molecule has 0 amide bonds. The van der Waals surface area contributed by atoms with Gasteiger partial charge in [-0.2, -0.15) is 0 Å². The molecule has 4 rings (SSSR count). The van der Waals surface area contributed by atoms with Gasteiger partial charge in [-0.3, -0.25) is 4.90 Å². The molecule has 154 valence electrons. The molecular formula is C24H21BrINO2S. The molecule has 0 radical (unpaired) electrons. The van der Waals surface area contributed by atoms with Crippen molar-refractivity contribution in [3.63, 3.8) is 0 Å². The van der Waals surface area contributed by atoms with Crippen molar-refractivity contribution in [3.8, 4) is 0 Å². The molecular weight excluding hydrogens is 573 g/mol. The quantitative estimate of drug-likeness (QED) is 0.211. The third-order valence-corrected chi connectivity index (χ3v) is 8.98. The number of sulfone groups is 1. The van der Waals surface area contributed by atoms with Crippen molar-refractivity contribution in [3.05, 3.63) is 112 Å². The Kier molecular flexibility index (Phi) is 6.21. The van der Waals surface area contributed by atoms with Gasteiger partial charge >= 0.3 is 0 Å². The lowest BCUT2D eigenvalue weighted by Crippen LogP contribution is -2.52. The fourth-order valence-corrected chi connectivity index (χ4v) is 6.60. The second-order valence-electron chi connectivity index (χ2n) is 7.43. The molecule has 0 spiro atoms. The van der Waals surface area contributed by atoms with Gasteiger partial charge < -0.3 is 0 Å². The van der Waals surface area contributed by atoms with E-state index >= 15 is 0 Å². The molecule has 0 saturated carbocycles. The summed E-state index contributed by atoms with van der Waals surface area (Å²) in [4.78, 5) is 2.77. The van der Waals surface area contributed by atoms with E-state index in [4.69, 9.17) is 0 Å². The lowest BCUT2D eigenvalue weighted by Gasteiger charge is -2.48. The fourth-order valence-electron chi connectivity index (χ4n) is 3.94. The van der Waals surface area contributed by atoms with E-state index in [1.54, 1.807) is 0 Å². The van der Waals surface area contributed by atoms with Crippen LogP contribution in [0.4, 0.5) is 0 Å². The van der Waals surface area contributed by atoms with Crippen molar-refractivity contribution in [1.29, 1.82) is 0 Å². The summed E-state index contributed by atoms with van der Waals surface area (Å²) in [5.41, 5.74) is 4.04.